The summed E-state index contributed by atoms with van der Waals surface area (Å²) >= 11 is 5.41. The molecule has 0 amide bonds. The molecule has 0 aromatic heterocycles. The van der Waals surface area contributed by atoms with E-state index in [4.69, 9.17) is 17.0 Å². The van der Waals surface area contributed by atoms with Crippen LogP contribution in [0.5, 0.6) is 5.75 Å². The minimum atomic E-state index is 0.736. The van der Waals surface area contributed by atoms with Gasteiger partial charge in [-0.1, -0.05) is 55.5 Å². The predicted octanol–water partition coefficient (Wildman–Crippen LogP) is 3.72. The highest BCUT2D eigenvalue weighted by Crippen LogP contribution is 2.13. The number of ether oxygens (including phenoxy) is 1. The van der Waals surface area contributed by atoms with Gasteiger partial charge in [0.1, 0.15) is 10.7 Å². The van der Waals surface area contributed by atoms with Crippen LogP contribution in [0.1, 0.15) is 23.6 Å². The topological polar surface area (TPSA) is 21.3 Å². The van der Waals surface area contributed by atoms with Gasteiger partial charge < -0.3 is 10.1 Å². The molecule has 0 saturated heterocycles. The fourth-order valence-electron chi connectivity index (χ4n) is 1.94. The molecule has 0 aliphatic rings. The number of nitrogens with one attached hydrogen (secondary N) is 1. The van der Waals surface area contributed by atoms with Gasteiger partial charge in [-0.15, -0.1) is 0 Å². The van der Waals surface area contributed by atoms with Crippen molar-refractivity contribution in [3.05, 3.63) is 65.2 Å². The lowest BCUT2D eigenvalue weighted by atomic mass is 10.1. The normalized spacial score (nSPS) is 10.1. The average Bonchev–Trinajstić information content (AvgIpc) is 2.53. The van der Waals surface area contributed by atoms with E-state index < -0.39 is 0 Å². The number of benzene rings is 2. The van der Waals surface area contributed by atoms with E-state index in [1.54, 1.807) is 7.11 Å². The summed E-state index contributed by atoms with van der Waals surface area (Å²) in [6, 6.07) is 16.4. The van der Waals surface area contributed by atoms with Crippen LogP contribution in [0.3, 0.4) is 0 Å². The molecular weight excluding hydrogens is 266 g/mol. The first-order valence-electron chi connectivity index (χ1n) is 6.73. The van der Waals surface area contributed by atoms with Crippen molar-refractivity contribution in [3.8, 4) is 5.75 Å². The van der Waals surface area contributed by atoms with Crippen molar-refractivity contribution in [1.82, 2.24) is 5.32 Å². The second kappa shape index (κ2) is 7.06. The van der Waals surface area contributed by atoms with Crippen LogP contribution < -0.4 is 10.1 Å². The average molecular weight is 285 g/mol. The molecule has 0 bridgehead atoms. The lowest BCUT2D eigenvalue weighted by Gasteiger charge is -2.10. The number of aryl methyl sites for hydroxylation is 1. The number of hydrogen-bond donors (Lipinski definition) is 1. The summed E-state index contributed by atoms with van der Waals surface area (Å²) in [6.45, 7) is 2.89. The Morgan fingerprint density at radius 2 is 1.80 bits per heavy atom. The summed E-state index contributed by atoms with van der Waals surface area (Å²) in [6.07, 6.45) is 1.07. The first-order chi connectivity index (χ1) is 9.72. The highest BCUT2D eigenvalue weighted by atomic mass is 32.1. The third-order valence-corrected chi connectivity index (χ3v) is 3.60. The van der Waals surface area contributed by atoms with Crippen molar-refractivity contribution in [3.63, 3.8) is 0 Å². The fraction of sp³-hybridized carbons (Fsp3) is 0.235. The molecule has 0 aliphatic heterocycles. The van der Waals surface area contributed by atoms with Crippen molar-refractivity contribution in [2.75, 3.05) is 7.11 Å². The van der Waals surface area contributed by atoms with Crippen LogP contribution in [0.15, 0.2) is 48.5 Å². The zero-order valence-corrected chi connectivity index (χ0v) is 12.7. The molecule has 0 radical (unpaired) electrons. The molecule has 0 aliphatic carbocycles. The van der Waals surface area contributed by atoms with E-state index in [1.807, 2.05) is 24.3 Å². The lowest BCUT2D eigenvalue weighted by molar-refractivity contribution is 0.414. The van der Waals surface area contributed by atoms with Crippen molar-refractivity contribution in [2.24, 2.45) is 0 Å². The fourth-order valence-corrected chi connectivity index (χ4v) is 2.14. The summed E-state index contributed by atoms with van der Waals surface area (Å²) in [5.41, 5.74) is 3.56. The second-order valence-corrected chi connectivity index (χ2v) is 4.99. The lowest BCUT2D eigenvalue weighted by Crippen LogP contribution is -2.21. The van der Waals surface area contributed by atoms with Crippen LogP contribution in [0.4, 0.5) is 0 Å². The van der Waals surface area contributed by atoms with Gasteiger partial charge in [0.25, 0.3) is 0 Å². The second-order valence-electron chi connectivity index (χ2n) is 4.58. The Labute approximate surface area is 125 Å². The van der Waals surface area contributed by atoms with Gasteiger partial charge in [-0.3, -0.25) is 0 Å². The maximum Gasteiger partial charge on any atom is 0.119 e. The largest absolute Gasteiger partial charge is 0.497 e. The molecule has 0 fully saturated rings. The minimum absolute atomic E-state index is 0.736. The zero-order valence-electron chi connectivity index (χ0n) is 11.8. The molecule has 2 aromatic carbocycles. The van der Waals surface area contributed by atoms with Crippen molar-refractivity contribution in [1.29, 1.82) is 0 Å². The quantitative estimate of drug-likeness (QED) is 0.846. The van der Waals surface area contributed by atoms with Gasteiger partial charge in [0.05, 0.1) is 7.11 Å². The Bertz CT molecular complexity index is 578. The summed E-state index contributed by atoms with van der Waals surface area (Å²) in [5.74, 6) is 0.818. The van der Waals surface area contributed by atoms with Crippen LogP contribution in [0, 0.1) is 0 Å². The summed E-state index contributed by atoms with van der Waals surface area (Å²) in [7, 11) is 1.66. The molecule has 0 atom stereocenters. The van der Waals surface area contributed by atoms with E-state index in [0.717, 1.165) is 29.3 Å². The number of hydrogen-bond acceptors (Lipinski definition) is 2. The van der Waals surface area contributed by atoms with E-state index in [9.17, 15) is 0 Å². The van der Waals surface area contributed by atoms with Crippen LogP contribution in [-0.4, -0.2) is 12.1 Å². The molecule has 2 nitrogen and oxygen atoms in total. The standard InChI is InChI=1S/C17H19NOS/c1-3-13-7-9-14(10-8-13)12-18-17(20)15-5-4-6-16(11-15)19-2/h4-11H,3,12H2,1-2H3,(H,18,20). The minimum Gasteiger partial charge on any atom is -0.497 e. The number of methoxy groups -OCH3 is 1. The maximum absolute atomic E-state index is 5.41. The Hall–Kier alpha value is -1.87. The first-order valence-corrected chi connectivity index (χ1v) is 7.14. The van der Waals surface area contributed by atoms with Crippen molar-refractivity contribution < 1.29 is 4.74 Å². The molecule has 104 valence electrons. The Morgan fingerprint density at radius 3 is 2.45 bits per heavy atom. The third-order valence-electron chi connectivity index (χ3n) is 3.22. The van der Waals surface area contributed by atoms with Crippen LogP contribution in [-0.2, 0) is 13.0 Å². The molecule has 20 heavy (non-hydrogen) atoms. The molecule has 2 aromatic rings. The third kappa shape index (κ3) is 3.81. The number of thiocarbonyl (C=S) groups is 1. The van der Waals surface area contributed by atoms with E-state index in [1.165, 1.54) is 11.1 Å². The molecule has 0 unspecified atom stereocenters. The zero-order chi connectivity index (χ0) is 14.4. The molecular formula is C17H19NOS. The van der Waals surface area contributed by atoms with E-state index >= 15 is 0 Å². The Kier molecular flexibility index (Phi) is 5.13. The van der Waals surface area contributed by atoms with Gasteiger partial charge in [0.2, 0.25) is 0 Å². The summed E-state index contributed by atoms with van der Waals surface area (Å²) < 4.78 is 5.21. The molecule has 2 rings (SSSR count). The highest BCUT2D eigenvalue weighted by Gasteiger charge is 2.02. The highest BCUT2D eigenvalue weighted by molar-refractivity contribution is 7.80. The van der Waals surface area contributed by atoms with Crippen LogP contribution in [0.2, 0.25) is 0 Å². The Balaban J connectivity index is 1.97. The Morgan fingerprint density at radius 1 is 1.10 bits per heavy atom. The van der Waals surface area contributed by atoms with Gasteiger partial charge in [-0.05, 0) is 29.7 Å². The molecule has 3 heteroatoms. The van der Waals surface area contributed by atoms with Gasteiger partial charge in [0, 0.05) is 12.1 Å². The van der Waals surface area contributed by atoms with E-state index in [0.29, 0.717) is 0 Å². The molecule has 0 saturated carbocycles. The van der Waals surface area contributed by atoms with Crippen LogP contribution >= 0.6 is 12.2 Å². The van der Waals surface area contributed by atoms with Crippen LogP contribution in [0.25, 0.3) is 0 Å². The first kappa shape index (κ1) is 14.5. The SMILES string of the molecule is CCc1ccc(CNC(=S)c2cccc(OC)c2)cc1. The number of rotatable bonds is 5. The summed E-state index contributed by atoms with van der Waals surface area (Å²) in [5, 5.41) is 3.28. The van der Waals surface area contributed by atoms with E-state index in [-0.39, 0.29) is 0 Å². The monoisotopic (exact) mass is 285 g/mol. The van der Waals surface area contributed by atoms with Gasteiger partial charge in [-0.25, -0.2) is 0 Å². The predicted molar refractivity (Wildman–Crippen MR) is 87.4 cm³/mol. The molecule has 1 N–H and O–H groups in total. The van der Waals surface area contributed by atoms with E-state index in [2.05, 4.69) is 36.5 Å². The van der Waals surface area contributed by atoms with Crippen molar-refractivity contribution >= 4 is 17.2 Å². The van der Waals surface area contributed by atoms with Gasteiger partial charge in [-0.2, -0.15) is 0 Å². The summed E-state index contributed by atoms with van der Waals surface area (Å²) in [4.78, 5) is 0.739. The maximum atomic E-state index is 5.41. The molecule has 0 heterocycles. The smallest absolute Gasteiger partial charge is 0.119 e. The van der Waals surface area contributed by atoms with Gasteiger partial charge >= 0.3 is 0 Å². The van der Waals surface area contributed by atoms with Crippen molar-refractivity contribution in [2.45, 2.75) is 19.9 Å². The van der Waals surface area contributed by atoms with Gasteiger partial charge in [0.15, 0.2) is 0 Å². The molecule has 0 spiro atoms.